The first-order valence-corrected chi connectivity index (χ1v) is 12.1. The van der Waals surface area contributed by atoms with Crippen molar-refractivity contribution in [2.75, 3.05) is 0 Å². The number of hydrogen-bond acceptors (Lipinski definition) is 6. The summed E-state index contributed by atoms with van der Waals surface area (Å²) in [6.45, 7) is 7.92. The van der Waals surface area contributed by atoms with Gasteiger partial charge in [-0.1, -0.05) is 42.8 Å². The highest BCUT2D eigenvalue weighted by atomic mass is 32.1. The largest absolute Gasteiger partial charge is 0.479 e. The van der Waals surface area contributed by atoms with Gasteiger partial charge in [-0.2, -0.15) is 5.06 Å². The number of benzene rings is 2. The molecule has 2 heterocycles. The molecule has 0 saturated heterocycles. The van der Waals surface area contributed by atoms with Gasteiger partial charge in [0, 0.05) is 17.5 Å². The summed E-state index contributed by atoms with van der Waals surface area (Å²) < 4.78 is 5.52. The molecule has 2 aromatic carbocycles. The molecule has 1 aromatic heterocycles. The lowest BCUT2D eigenvalue weighted by Gasteiger charge is -2.16. The summed E-state index contributed by atoms with van der Waals surface area (Å²) in [5.74, 6) is -0.629. The van der Waals surface area contributed by atoms with Crippen LogP contribution in [0.4, 0.5) is 0 Å². The first-order chi connectivity index (χ1) is 16.2. The van der Waals surface area contributed by atoms with Gasteiger partial charge in [-0.15, -0.1) is 11.3 Å². The molecule has 0 aliphatic carbocycles. The molecule has 0 bridgehead atoms. The third kappa shape index (κ3) is 5.13. The van der Waals surface area contributed by atoms with Crippen LogP contribution in [-0.2, 0) is 28.9 Å². The van der Waals surface area contributed by atoms with Crippen LogP contribution in [0.2, 0.25) is 0 Å². The smallest absolute Gasteiger partial charge is 0.333 e. The Bertz CT molecular complexity index is 1200. The van der Waals surface area contributed by atoms with E-state index in [-0.39, 0.29) is 25.0 Å². The van der Waals surface area contributed by atoms with E-state index in [9.17, 15) is 14.7 Å². The van der Waals surface area contributed by atoms with Crippen LogP contribution in [-0.4, -0.2) is 39.2 Å². The predicted molar refractivity (Wildman–Crippen MR) is 130 cm³/mol. The first kappa shape index (κ1) is 23.9. The number of aromatic nitrogens is 1. The number of nitrogens with zero attached hydrogens (tertiary/aromatic N) is 2. The zero-order valence-corrected chi connectivity index (χ0v) is 20.5. The number of hydrogen-bond donors (Lipinski definition) is 1. The molecule has 1 aliphatic rings. The van der Waals surface area contributed by atoms with Crippen molar-refractivity contribution in [1.29, 1.82) is 0 Å². The summed E-state index contributed by atoms with van der Waals surface area (Å²) in [6.07, 6.45) is -0.240. The maximum Gasteiger partial charge on any atom is 0.333 e. The molecule has 1 unspecified atom stereocenters. The van der Waals surface area contributed by atoms with Crippen LogP contribution < -0.4 is 4.84 Å². The minimum Gasteiger partial charge on any atom is -0.479 e. The molecule has 7 nitrogen and oxygen atoms in total. The number of rotatable bonds is 8. The van der Waals surface area contributed by atoms with Gasteiger partial charge in [-0.3, -0.25) is 4.79 Å². The van der Waals surface area contributed by atoms with Crippen LogP contribution in [0.1, 0.15) is 52.8 Å². The van der Waals surface area contributed by atoms with Gasteiger partial charge in [-0.05, 0) is 44.9 Å². The lowest BCUT2D eigenvalue weighted by atomic mass is 10.0. The molecule has 3 aromatic rings. The highest BCUT2D eigenvalue weighted by molar-refractivity contribution is 7.17. The lowest BCUT2D eigenvalue weighted by molar-refractivity contribution is -0.153. The molecular formula is C26H28N2O5S. The number of thiazole rings is 1. The SMILES string of the molecule is CCc1nc(-c2ccc(C)cc2)sc1C(=O)N1Cc2cc(CC(OC(C)C)C(=O)O)ccc2O1. The number of aliphatic carboxylic acids is 1. The van der Waals surface area contributed by atoms with Gasteiger partial charge in [-0.25, -0.2) is 9.78 Å². The molecule has 4 rings (SSSR count). The van der Waals surface area contributed by atoms with Crippen LogP contribution in [0.3, 0.4) is 0 Å². The lowest BCUT2D eigenvalue weighted by Crippen LogP contribution is -2.29. The van der Waals surface area contributed by atoms with Crippen molar-refractivity contribution < 1.29 is 24.3 Å². The van der Waals surface area contributed by atoms with E-state index in [2.05, 4.69) is 0 Å². The number of fused-ring (bicyclic) bond motifs is 1. The van der Waals surface area contributed by atoms with Gasteiger partial charge >= 0.3 is 5.97 Å². The number of carboxylic acid groups (broad SMARTS) is 1. The highest BCUT2D eigenvalue weighted by Crippen LogP contribution is 2.34. The fourth-order valence-corrected chi connectivity index (χ4v) is 4.92. The zero-order chi connectivity index (χ0) is 24.4. The van der Waals surface area contributed by atoms with Crippen molar-refractivity contribution in [3.63, 3.8) is 0 Å². The molecule has 0 saturated carbocycles. The minimum absolute atomic E-state index is 0.191. The number of ether oxygens (including phenoxy) is 1. The van der Waals surface area contributed by atoms with Gasteiger partial charge in [0.05, 0.1) is 18.3 Å². The second-order valence-electron chi connectivity index (χ2n) is 8.61. The molecule has 34 heavy (non-hydrogen) atoms. The Morgan fingerprint density at radius 3 is 2.59 bits per heavy atom. The Hall–Kier alpha value is -3.23. The van der Waals surface area contributed by atoms with Crippen molar-refractivity contribution in [2.24, 2.45) is 0 Å². The van der Waals surface area contributed by atoms with E-state index in [0.717, 1.165) is 27.4 Å². The maximum atomic E-state index is 13.3. The third-order valence-corrected chi connectivity index (χ3v) is 6.67. The van der Waals surface area contributed by atoms with E-state index in [1.54, 1.807) is 6.07 Å². The van der Waals surface area contributed by atoms with Crippen LogP contribution in [0, 0.1) is 6.92 Å². The van der Waals surface area contributed by atoms with E-state index in [1.165, 1.54) is 22.0 Å². The summed E-state index contributed by atoms with van der Waals surface area (Å²) in [5, 5.41) is 11.6. The summed E-state index contributed by atoms with van der Waals surface area (Å²) in [4.78, 5) is 36.0. The molecule has 1 atom stereocenters. The minimum atomic E-state index is -0.996. The number of carbonyl (C=O) groups excluding carboxylic acids is 1. The Morgan fingerprint density at radius 1 is 1.21 bits per heavy atom. The van der Waals surface area contributed by atoms with Crippen LogP contribution in [0.25, 0.3) is 10.6 Å². The first-order valence-electron chi connectivity index (χ1n) is 11.3. The quantitative estimate of drug-likeness (QED) is 0.485. The second kappa shape index (κ2) is 9.95. The maximum absolute atomic E-state index is 13.3. The normalized spacial score (nSPS) is 13.6. The Kier molecular flexibility index (Phi) is 7.00. The van der Waals surface area contributed by atoms with Crippen molar-refractivity contribution in [3.05, 3.63) is 69.7 Å². The van der Waals surface area contributed by atoms with Crippen molar-refractivity contribution in [1.82, 2.24) is 10.0 Å². The topological polar surface area (TPSA) is 89.0 Å². The second-order valence-corrected chi connectivity index (χ2v) is 9.60. The molecule has 1 aliphatic heterocycles. The Morgan fingerprint density at radius 2 is 1.94 bits per heavy atom. The highest BCUT2D eigenvalue weighted by Gasteiger charge is 2.31. The summed E-state index contributed by atoms with van der Waals surface area (Å²) in [5.41, 5.74) is 4.55. The number of hydroxylamine groups is 2. The van der Waals surface area contributed by atoms with Gasteiger partial charge in [0.2, 0.25) is 0 Å². The number of carbonyl (C=O) groups is 2. The van der Waals surface area contributed by atoms with E-state index < -0.39 is 12.1 Å². The fourth-order valence-electron chi connectivity index (χ4n) is 3.82. The van der Waals surface area contributed by atoms with E-state index in [1.807, 2.05) is 64.1 Å². The molecule has 8 heteroatoms. The molecule has 1 amide bonds. The molecule has 1 N–H and O–H groups in total. The predicted octanol–water partition coefficient (Wildman–Crippen LogP) is 5.05. The molecule has 0 spiro atoms. The van der Waals surface area contributed by atoms with Gasteiger partial charge in [0.25, 0.3) is 5.91 Å². The van der Waals surface area contributed by atoms with E-state index >= 15 is 0 Å². The van der Waals surface area contributed by atoms with Crippen LogP contribution >= 0.6 is 11.3 Å². The van der Waals surface area contributed by atoms with Crippen molar-refractivity contribution in [3.8, 4) is 16.3 Å². The third-order valence-electron chi connectivity index (χ3n) is 5.53. The molecular weight excluding hydrogens is 452 g/mol. The Labute approximate surface area is 202 Å². The summed E-state index contributed by atoms with van der Waals surface area (Å²) in [6, 6.07) is 13.6. The number of amides is 1. The monoisotopic (exact) mass is 480 g/mol. The fraction of sp³-hybridized carbons (Fsp3) is 0.346. The Balaban J connectivity index is 1.51. The molecule has 178 valence electrons. The standard InChI is InChI=1S/C26H28N2O5S/c1-5-20-23(34-24(27-20)18-9-6-16(4)7-10-18)25(29)28-14-19-12-17(8-11-21(19)33-28)13-22(26(30)31)32-15(2)3/h6-12,15,22H,5,13-14H2,1-4H3,(H,30,31). The van der Waals surface area contributed by atoms with Gasteiger partial charge < -0.3 is 14.7 Å². The number of aryl methyl sites for hydroxylation is 2. The van der Waals surface area contributed by atoms with Crippen LogP contribution in [0.5, 0.6) is 5.75 Å². The summed E-state index contributed by atoms with van der Waals surface area (Å²) in [7, 11) is 0. The van der Waals surface area contributed by atoms with E-state index in [0.29, 0.717) is 17.0 Å². The van der Waals surface area contributed by atoms with Crippen molar-refractivity contribution in [2.45, 2.75) is 59.3 Å². The van der Waals surface area contributed by atoms with Gasteiger partial charge in [0.15, 0.2) is 11.9 Å². The molecule has 0 radical (unpaired) electrons. The number of carboxylic acids is 1. The molecule has 0 fully saturated rings. The average Bonchev–Trinajstić information content (AvgIpc) is 3.42. The average molecular weight is 481 g/mol. The van der Waals surface area contributed by atoms with Crippen molar-refractivity contribution >= 4 is 23.2 Å². The van der Waals surface area contributed by atoms with Crippen LogP contribution in [0.15, 0.2) is 42.5 Å². The zero-order valence-electron chi connectivity index (χ0n) is 19.7. The summed E-state index contributed by atoms with van der Waals surface area (Å²) >= 11 is 1.37. The van der Waals surface area contributed by atoms with Gasteiger partial charge in [0.1, 0.15) is 9.88 Å². The van der Waals surface area contributed by atoms with E-state index in [4.69, 9.17) is 14.6 Å².